The minimum absolute atomic E-state index is 0.553. The van der Waals surface area contributed by atoms with Crippen molar-refractivity contribution < 1.29 is 4.74 Å². The Morgan fingerprint density at radius 2 is 1.87 bits per heavy atom. The number of anilines is 1. The standard InChI is InChI=1S/C17H19Cl2N3O/c18-14-4-5-16(15(19)13-14)23-12-11-21-7-9-22(10-8-21)17-3-1-2-6-20-17/h1-6,13H,7-12H2. The highest BCUT2D eigenvalue weighted by molar-refractivity contribution is 6.35. The van der Waals surface area contributed by atoms with Gasteiger partial charge in [0.1, 0.15) is 18.2 Å². The third kappa shape index (κ3) is 4.50. The molecule has 2 heterocycles. The van der Waals surface area contributed by atoms with Gasteiger partial charge in [-0.3, -0.25) is 4.90 Å². The van der Waals surface area contributed by atoms with Crippen molar-refractivity contribution in [1.29, 1.82) is 0 Å². The second-order valence-electron chi connectivity index (χ2n) is 5.44. The molecule has 0 atom stereocenters. The van der Waals surface area contributed by atoms with Gasteiger partial charge in [-0.2, -0.15) is 0 Å². The molecule has 122 valence electrons. The van der Waals surface area contributed by atoms with E-state index in [0.717, 1.165) is 38.5 Å². The Balaban J connectivity index is 1.42. The van der Waals surface area contributed by atoms with Crippen LogP contribution in [0.2, 0.25) is 10.0 Å². The largest absolute Gasteiger partial charge is 0.491 e. The molecule has 0 bridgehead atoms. The molecule has 0 aliphatic carbocycles. The summed E-state index contributed by atoms with van der Waals surface area (Å²) < 4.78 is 5.75. The summed E-state index contributed by atoms with van der Waals surface area (Å²) in [4.78, 5) is 9.11. The first kappa shape index (κ1) is 16.4. The zero-order valence-corrected chi connectivity index (χ0v) is 14.3. The molecular formula is C17H19Cl2N3O. The molecule has 0 N–H and O–H groups in total. The van der Waals surface area contributed by atoms with Crippen LogP contribution in [0.5, 0.6) is 5.75 Å². The summed E-state index contributed by atoms with van der Waals surface area (Å²) in [5.74, 6) is 1.74. The van der Waals surface area contributed by atoms with Gasteiger partial charge in [0, 0.05) is 43.9 Å². The lowest BCUT2D eigenvalue weighted by Crippen LogP contribution is -2.47. The molecule has 1 aliphatic heterocycles. The molecule has 0 saturated carbocycles. The summed E-state index contributed by atoms with van der Waals surface area (Å²) in [6.45, 7) is 5.49. The van der Waals surface area contributed by atoms with Crippen LogP contribution in [0, 0.1) is 0 Å². The number of ether oxygens (including phenoxy) is 1. The molecule has 0 amide bonds. The first-order valence-corrected chi connectivity index (χ1v) is 8.44. The summed E-state index contributed by atoms with van der Waals surface area (Å²) in [5, 5.41) is 1.17. The Kier molecular flexibility index (Phi) is 5.60. The van der Waals surface area contributed by atoms with E-state index >= 15 is 0 Å². The second kappa shape index (κ2) is 7.86. The van der Waals surface area contributed by atoms with Crippen molar-refractivity contribution >= 4 is 29.0 Å². The number of halogens is 2. The zero-order valence-electron chi connectivity index (χ0n) is 12.8. The highest BCUT2D eigenvalue weighted by Crippen LogP contribution is 2.27. The summed E-state index contributed by atoms with van der Waals surface area (Å²) in [6.07, 6.45) is 1.84. The van der Waals surface area contributed by atoms with Gasteiger partial charge >= 0.3 is 0 Å². The molecule has 23 heavy (non-hydrogen) atoms. The molecule has 1 aliphatic rings. The molecule has 0 unspecified atom stereocenters. The average molecular weight is 352 g/mol. The van der Waals surface area contributed by atoms with Crippen LogP contribution in [0.3, 0.4) is 0 Å². The summed E-state index contributed by atoms with van der Waals surface area (Å²) in [7, 11) is 0. The summed E-state index contributed by atoms with van der Waals surface area (Å²) in [6, 6.07) is 11.3. The SMILES string of the molecule is Clc1ccc(OCCN2CCN(c3ccccn3)CC2)c(Cl)c1. The topological polar surface area (TPSA) is 28.6 Å². The fourth-order valence-electron chi connectivity index (χ4n) is 2.62. The first-order valence-electron chi connectivity index (χ1n) is 7.68. The van der Waals surface area contributed by atoms with Crippen molar-refractivity contribution in [3.05, 3.63) is 52.6 Å². The maximum atomic E-state index is 6.10. The van der Waals surface area contributed by atoms with E-state index in [1.54, 1.807) is 12.1 Å². The lowest BCUT2D eigenvalue weighted by Gasteiger charge is -2.35. The molecule has 0 radical (unpaired) electrons. The average Bonchev–Trinajstić information content (AvgIpc) is 2.58. The quantitative estimate of drug-likeness (QED) is 0.822. The fourth-order valence-corrected chi connectivity index (χ4v) is 3.08. The van der Waals surface area contributed by atoms with E-state index in [9.17, 15) is 0 Å². The molecule has 0 spiro atoms. The van der Waals surface area contributed by atoms with Gasteiger partial charge in [0.05, 0.1) is 5.02 Å². The van der Waals surface area contributed by atoms with E-state index in [2.05, 4.69) is 20.9 Å². The first-order chi connectivity index (χ1) is 11.2. The molecule has 6 heteroatoms. The minimum atomic E-state index is 0.553. The number of piperazine rings is 1. The Morgan fingerprint density at radius 3 is 2.57 bits per heavy atom. The normalized spacial score (nSPS) is 15.7. The van der Waals surface area contributed by atoms with Crippen molar-refractivity contribution in [3.8, 4) is 5.75 Å². The number of nitrogens with zero attached hydrogens (tertiary/aromatic N) is 3. The third-order valence-electron chi connectivity index (χ3n) is 3.90. The number of pyridine rings is 1. The van der Waals surface area contributed by atoms with Gasteiger partial charge in [-0.1, -0.05) is 29.3 Å². The van der Waals surface area contributed by atoms with E-state index in [-0.39, 0.29) is 0 Å². The number of benzene rings is 1. The van der Waals surface area contributed by atoms with Crippen LogP contribution >= 0.6 is 23.2 Å². The van der Waals surface area contributed by atoms with Crippen molar-refractivity contribution in [1.82, 2.24) is 9.88 Å². The number of hydrogen-bond acceptors (Lipinski definition) is 4. The Hall–Kier alpha value is -1.49. The van der Waals surface area contributed by atoms with Crippen molar-refractivity contribution in [2.45, 2.75) is 0 Å². The van der Waals surface area contributed by atoms with Crippen molar-refractivity contribution in [2.24, 2.45) is 0 Å². The molecule has 1 aromatic heterocycles. The van der Waals surface area contributed by atoms with Gasteiger partial charge in [0.15, 0.2) is 0 Å². The lowest BCUT2D eigenvalue weighted by atomic mass is 10.3. The number of rotatable bonds is 5. The molecule has 1 fully saturated rings. The molecule has 2 aromatic rings. The maximum absolute atomic E-state index is 6.10. The van der Waals surface area contributed by atoms with Crippen molar-refractivity contribution in [3.63, 3.8) is 0 Å². The van der Waals surface area contributed by atoms with E-state index in [4.69, 9.17) is 27.9 Å². The highest BCUT2D eigenvalue weighted by Gasteiger charge is 2.17. The monoisotopic (exact) mass is 351 g/mol. The fraction of sp³-hybridized carbons (Fsp3) is 0.353. The van der Waals surface area contributed by atoms with Gasteiger partial charge in [0.25, 0.3) is 0 Å². The van der Waals surface area contributed by atoms with E-state index < -0.39 is 0 Å². The third-order valence-corrected chi connectivity index (χ3v) is 4.44. The van der Waals surface area contributed by atoms with Crippen molar-refractivity contribution in [2.75, 3.05) is 44.2 Å². The lowest BCUT2D eigenvalue weighted by molar-refractivity contribution is 0.200. The van der Waals surface area contributed by atoms with Crippen LogP contribution in [0.15, 0.2) is 42.6 Å². The Labute approximate surface area is 146 Å². The van der Waals surface area contributed by atoms with Gasteiger partial charge < -0.3 is 9.64 Å². The predicted octanol–water partition coefficient (Wildman–Crippen LogP) is 3.59. The van der Waals surface area contributed by atoms with Crippen LogP contribution in [-0.2, 0) is 0 Å². The van der Waals surface area contributed by atoms with E-state index in [1.807, 2.05) is 24.4 Å². The summed E-state index contributed by atoms with van der Waals surface area (Å²) in [5.41, 5.74) is 0. The van der Waals surface area contributed by atoms with E-state index in [0.29, 0.717) is 22.4 Å². The van der Waals surface area contributed by atoms with Crippen LogP contribution in [0.25, 0.3) is 0 Å². The van der Waals surface area contributed by atoms with Gasteiger partial charge in [-0.25, -0.2) is 4.98 Å². The molecule has 1 aromatic carbocycles. The maximum Gasteiger partial charge on any atom is 0.138 e. The molecule has 1 saturated heterocycles. The predicted molar refractivity (Wildman–Crippen MR) is 94.8 cm³/mol. The van der Waals surface area contributed by atoms with Gasteiger partial charge in [-0.15, -0.1) is 0 Å². The van der Waals surface area contributed by atoms with E-state index in [1.165, 1.54) is 0 Å². The second-order valence-corrected chi connectivity index (χ2v) is 6.28. The molecular weight excluding hydrogens is 333 g/mol. The smallest absolute Gasteiger partial charge is 0.138 e. The highest BCUT2D eigenvalue weighted by atomic mass is 35.5. The van der Waals surface area contributed by atoms with Crippen LogP contribution in [0.4, 0.5) is 5.82 Å². The molecule has 3 rings (SSSR count). The number of aromatic nitrogens is 1. The van der Waals surface area contributed by atoms with Crippen LogP contribution < -0.4 is 9.64 Å². The van der Waals surface area contributed by atoms with Crippen LogP contribution in [-0.4, -0.2) is 49.2 Å². The molecule has 4 nitrogen and oxygen atoms in total. The summed E-state index contributed by atoms with van der Waals surface area (Å²) >= 11 is 12.0. The number of hydrogen-bond donors (Lipinski definition) is 0. The van der Waals surface area contributed by atoms with Crippen LogP contribution in [0.1, 0.15) is 0 Å². The Morgan fingerprint density at radius 1 is 1.04 bits per heavy atom. The minimum Gasteiger partial charge on any atom is -0.491 e. The van der Waals surface area contributed by atoms with Gasteiger partial charge in [0.2, 0.25) is 0 Å². The zero-order chi connectivity index (χ0) is 16.1. The van der Waals surface area contributed by atoms with Gasteiger partial charge in [-0.05, 0) is 30.3 Å². The Bertz CT molecular complexity index is 631.